The molecule has 0 spiro atoms. The monoisotopic (exact) mass is 243 g/mol. The number of hydrogen-bond acceptors (Lipinski definition) is 1. The third-order valence-corrected chi connectivity index (χ3v) is 3.52. The molecule has 1 aliphatic rings. The molecular formula is C12H15Cl2N. The van der Waals surface area contributed by atoms with Gasteiger partial charge in [-0.3, -0.25) is 0 Å². The van der Waals surface area contributed by atoms with E-state index >= 15 is 0 Å². The largest absolute Gasteiger partial charge is 0.316 e. The van der Waals surface area contributed by atoms with E-state index in [-0.39, 0.29) is 0 Å². The smallest absolute Gasteiger partial charge is 0.0442 e. The highest BCUT2D eigenvalue weighted by Gasteiger charge is 2.16. The van der Waals surface area contributed by atoms with Crippen LogP contribution in [-0.4, -0.2) is 13.1 Å². The van der Waals surface area contributed by atoms with E-state index in [1.807, 2.05) is 18.2 Å². The van der Waals surface area contributed by atoms with Gasteiger partial charge in [-0.05, 0) is 49.1 Å². The third-order valence-electron chi connectivity index (χ3n) is 2.94. The van der Waals surface area contributed by atoms with Crippen molar-refractivity contribution >= 4 is 23.2 Å². The number of rotatable bonds is 1. The van der Waals surface area contributed by atoms with Crippen molar-refractivity contribution in [2.45, 2.75) is 25.2 Å². The number of hydrogen-bond donors (Lipinski definition) is 1. The summed E-state index contributed by atoms with van der Waals surface area (Å²) in [4.78, 5) is 0. The Bertz CT molecular complexity index is 330. The molecule has 1 atom stereocenters. The van der Waals surface area contributed by atoms with Crippen molar-refractivity contribution in [1.82, 2.24) is 5.32 Å². The van der Waals surface area contributed by atoms with Crippen LogP contribution in [0.4, 0.5) is 0 Å². The van der Waals surface area contributed by atoms with Gasteiger partial charge in [-0.1, -0.05) is 29.6 Å². The normalized spacial score (nSPS) is 22.4. The molecule has 1 saturated heterocycles. The molecule has 1 heterocycles. The lowest BCUT2D eigenvalue weighted by Crippen LogP contribution is -2.19. The molecule has 82 valence electrons. The summed E-state index contributed by atoms with van der Waals surface area (Å²) in [6, 6.07) is 5.74. The summed E-state index contributed by atoms with van der Waals surface area (Å²) in [6.07, 6.45) is 3.72. The highest BCUT2D eigenvalue weighted by Crippen LogP contribution is 2.31. The molecule has 1 aromatic rings. The second-order valence-corrected chi connectivity index (χ2v) is 4.91. The lowest BCUT2D eigenvalue weighted by molar-refractivity contribution is 0.610. The fourth-order valence-corrected chi connectivity index (χ4v) is 2.56. The first-order valence-corrected chi connectivity index (χ1v) is 6.18. The summed E-state index contributed by atoms with van der Waals surface area (Å²) in [5.41, 5.74) is 1.19. The van der Waals surface area contributed by atoms with Crippen LogP contribution in [0.5, 0.6) is 0 Å². The van der Waals surface area contributed by atoms with Crippen LogP contribution in [0.25, 0.3) is 0 Å². The van der Waals surface area contributed by atoms with Crippen molar-refractivity contribution in [2.24, 2.45) is 0 Å². The van der Waals surface area contributed by atoms with Gasteiger partial charge >= 0.3 is 0 Å². The number of nitrogens with one attached hydrogen (secondary N) is 1. The van der Waals surface area contributed by atoms with E-state index in [4.69, 9.17) is 23.2 Å². The Labute approximate surface area is 101 Å². The first-order chi connectivity index (χ1) is 7.27. The van der Waals surface area contributed by atoms with Crippen LogP contribution >= 0.6 is 23.2 Å². The van der Waals surface area contributed by atoms with Crippen LogP contribution in [-0.2, 0) is 0 Å². The summed E-state index contributed by atoms with van der Waals surface area (Å²) < 4.78 is 0. The quantitative estimate of drug-likeness (QED) is 0.791. The van der Waals surface area contributed by atoms with Crippen molar-refractivity contribution in [3.8, 4) is 0 Å². The van der Waals surface area contributed by atoms with Crippen LogP contribution < -0.4 is 5.32 Å². The molecule has 15 heavy (non-hydrogen) atoms. The summed E-state index contributed by atoms with van der Waals surface area (Å²) in [5.74, 6) is 0.513. The molecule has 0 aliphatic carbocycles. The molecule has 1 aromatic carbocycles. The Morgan fingerprint density at radius 1 is 1.20 bits per heavy atom. The second-order valence-electron chi connectivity index (χ2n) is 4.06. The Kier molecular flexibility index (Phi) is 3.90. The van der Waals surface area contributed by atoms with Crippen LogP contribution in [0.3, 0.4) is 0 Å². The van der Waals surface area contributed by atoms with Crippen molar-refractivity contribution in [2.75, 3.05) is 13.1 Å². The van der Waals surface area contributed by atoms with Crippen molar-refractivity contribution in [3.63, 3.8) is 0 Å². The van der Waals surface area contributed by atoms with Gasteiger partial charge in [0.05, 0.1) is 0 Å². The fourth-order valence-electron chi connectivity index (χ4n) is 2.11. The summed E-state index contributed by atoms with van der Waals surface area (Å²) >= 11 is 12.2. The Hall–Kier alpha value is -0.240. The Balaban J connectivity index is 2.22. The SMILES string of the molecule is Clc1ccc(Cl)c(C2CCCCNC2)c1. The van der Waals surface area contributed by atoms with Crippen LogP contribution in [0.2, 0.25) is 10.0 Å². The van der Waals surface area contributed by atoms with Gasteiger partial charge in [0.1, 0.15) is 0 Å². The van der Waals surface area contributed by atoms with E-state index in [9.17, 15) is 0 Å². The van der Waals surface area contributed by atoms with Crippen molar-refractivity contribution in [1.29, 1.82) is 0 Å². The van der Waals surface area contributed by atoms with Gasteiger partial charge in [-0.2, -0.15) is 0 Å². The van der Waals surface area contributed by atoms with Crippen molar-refractivity contribution in [3.05, 3.63) is 33.8 Å². The first kappa shape index (κ1) is 11.3. The highest BCUT2D eigenvalue weighted by molar-refractivity contribution is 6.33. The molecule has 1 N–H and O–H groups in total. The average Bonchev–Trinajstić information content (AvgIpc) is 2.50. The zero-order valence-corrected chi connectivity index (χ0v) is 10.1. The molecule has 1 fully saturated rings. The zero-order chi connectivity index (χ0) is 10.7. The number of halogens is 2. The van der Waals surface area contributed by atoms with Gasteiger partial charge in [0.2, 0.25) is 0 Å². The fraction of sp³-hybridized carbons (Fsp3) is 0.500. The minimum atomic E-state index is 0.513. The zero-order valence-electron chi connectivity index (χ0n) is 8.60. The van der Waals surface area contributed by atoms with E-state index in [1.54, 1.807) is 0 Å². The van der Waals surface area contributed by atoms with Gasteiger partial charge in [0.15, 0.2) is 0 Å². The molecule has 0 saturated carbocycles. The molecular weight excluding hydrogens is 229 g/mol. The second kappa shape index (κ2) is 5.20. The standard InChI is InChI=1S/C12H15Cl2N/c13-10-4-5-12(14)11(7-10)9-3-1-2-6-15-8-9/h4-5,7,9,15H,1-3,6,8H2. The summed E-state index contributed by atoms with van der Waals surface area (Å²) in [7, 11) is 0. The highest BCUT2D eigenvalue weighted by atomic mass is 35.5. The van der Waals surface area contributed by atoms with Crippen LogP contribution in [0.1, 0.15) is 30.7 Å². The van der Waals surface area contributed by atoms with E-state index in [0.717, 1.165) is 23.1 Å². The molecule has 1 nitrogen and oxygen atoms in total. The van der Waals surface area contributed by atoms with E-state index in [0.29, 0.717) is 5.92 Å². The summed E-state index contributed by atoms with van der Waals surface area (Å²) in [5, 5.41) is 5.06. The number of benzene rings is 1. The van der Waals surface area contributed by atoms with Gasteiger partial charge in [0, 0.05) is 16.6 Å². The average molecular weight is 244 g/mol. The van der Waals surface area contributed by atoms with Gasteiger partial charge in [-0.15, -0.1) is 0 Å². The van der Waals surface area contributed by atoms with Crippen LogP contribution in [0, 0.1) is 0 Å². The lowest BCUT2D eigenvalue weighted by Gasteiger charge is -2.16. The molecule has 0 bridgehead atoms. The predicted octanol–water partition coefficient (Wildman–Crippen LogP) is 3.85. The van der Waals surface area contributed by atoms with Gasteiger partial charge in [0.25, 0.3) is 0 Å². The summed E-state index contributed by atoms with van der Waals surface area (Å²) in [6.45, 7) is 2.13. The molecule has 0 amide bonds. The van der Waals surface area contributed by atoms with Crippen LogP contribution in [0.15, 0.2) is 18.2 Å². The maximum atomic E-state index is 6.20. The van der Waals surface area contributed by atoms with Crippen molar-refractivity contribution < 1.29 is 0 Å². The van der Waals surface area contributed by atoms with Gasteiger partial charge < -0.3 is 5.32 Å². The van der Waals surface area contributed by atoms with E-state index in [2.05, 4.69) is 5.32 Å². The minimum absolute atomic E-state index is 0.513. The molecule has 0 aromatic heterocycles. The van der Waals surface area contributed by atoms with Gasteiger partial charge in [-0.25, -0.2) is 0 Å². The maximum Gasteiger partial charge on any atom is 0.0442 e. The Morgan fingerprint density at radius 2 is 2.07 bits per heavy atom. The first-order valence-electron chi connectivity index (χ1n) is 5.43. The third kappa shape index (κ3) is 2.87. The topological polar surface area (TPSA) is 12.0 Å². The predicted molar refractivity (Wildman–Crippen MR) is 65.9 cm³/mol. The molecule has 1 aliphatic heterocycles. The van der Waals surface area contributed by atoms with E-state index in [1.165, 1.54) is 24.8 Å². The lowest BCUT2D eigenvalue weighted by atomic mass is 9.94. The maximum absolute atomic E-state index is 6.20. The van der Waals surface area contributed by atoms with E-state index < -0.39 is 0 Å². The molecule has 3 heteroatoms. The molecule has 0 radical (unpaired) electrons. The minimum Gasteiger partial charge on any atom is -0.316 e. The molecule has 1 unspecified atom stereocenters. The Morgan fingerprint density at radius 3 is 2.93 bits per heavy atom. The molecule has 2 rings (SSSR count).